The number of aliphatic imine (C=N–C) groups is 1. The molecule has 0 saturated carbocycles. The lowest BCUT2D eigenvalue weighted by atomic mass is 10.1. The van der Waals surface area contributed by atoms with Crippen LogP contribution in [0.15, 0.2) is 77.9 Å². The average molecular weight is 356 g/mol. The molecule has 0 N–H and O–H groups in total. The van der Waals surface area contributed by atoms with Gasteiger partial charge in [-0.25, -0.2) is 9.98 Å². The van der Waals surface area contributed by atoms with Crippen molar-refractivity contribution in [3.63, 3.8) is 0 Å². The van der Waals surface area contributed by atoms with Gasteiger partial charge in [-0.3, -0.25) is 14.5 Å². The third-order valence-electron chi connectivity index (χ3n) is 4.24. The summed E-state index contributed by atoms with van der Waals surface area (Å²) in [4.78, 5) is 19.8. The number of fused-ring (bicyclic) bond motifs is 1. The molecule has 0 aliphatic carbocycles. The first-order valence-electron chi connectivity index (χ1n) is 8.44. The van der Waals surface area contributed by atoms with E-state index in [4.69, 9.17) is 4.98 Å². The smallest absolute Gasteiger partial charge is 0.269 e. The van der Waals surface area contributed by atoms with Crippen molar-refractivity contribution in [2.75, 3.05) is 0 Å². The number of rotatable bonds is 4. The van der Waals surface area contributed by atoms with Crippen LogP contribution in [0.25, 0.3) is 16.9 Å². The summed E-state index contributed by atoms with van der Waals surface area (Å²) in [6.45, 7) is 2.02. The Morgan fingerprint density at radius 2 is 1.81 bits per heavy atom. The van der Waals surface area contributed by atoms with Crippen molar-refractivity contribution in [2.24, 2.45) is 4.99 Å². The summed E-state index contributed by atoms with van der Waals surface area (Å²) in [5, 5.41) is 10.8. The van der Waals surface area contributed by atoms with Crippen molar-refractivity contribution in [2.45, 2.75) is 6.92 Å². The van der Waals surface area contributed by atoms with Gasteiger partial charge in [-0.05, 0) is 42.3 Å². The lowest BCUT2D eigenvalue weighted by Gasteiger charge is -2.01. The van der Waals surface area contributed by atoms with Crippen LogP contribution >= 0.6 is 0 Å². The fraction of sp³-hybridized carbons (Fsp3) is 0.0476. The van der Waals surface area contributed by atoms with Crippen molar-refractivity contribution < 1.29 is 4.92 Å². The van der Waals surface area contributed by atoms with Gasteiger partial charge < -0.3 is 0 Å². The molecule has 0 bridgehead atoms. The van der Waals surface area contributed by atoms with Gasteiger partial charge in [-0.2, -0.15) is 0 Å². The van der Waals surface area contributed by atoms with E-state index in [2.05, 4.69) is 4.99 Å². The monoisotopic (exact) mass is 356 g/mol. The van der Waals surface area contributed by atoms with Gasteiger partial charge >= 0.3 is 0 Å². The number of aryl methyl sites for hydroxylation is 1. The van der Waals surface area contributed by atoms with E-state index in [1.165, 1.54) is 12.1 Å². The Morgan fingerprint density at radius 3 is 2.52 bits per heavy atom. The molecule has 0 radical (unpaired) electrons. The third kappa shape index (κ3) is 3.32. The van der Waals surface area contributed by atoms with Crippen molar-refractivity contribution in [1.82, 2.24) is 9.38 Å². The number of imidazole rings is 1. The number of benzene rings is 2. The fourth-order valence-electron chi connectivity index (χ4n) is 2.86. The number of aromatic nitrogens is 2. The van der Waals surface area contributed by atoms with Crippen molar-refractivity contribution in [3.05, 3.63) is 94.2 Å². The Morgan fingerprint density at radius 1 is 1.07 bits per heavy atom. The maximum Gasteiger partial charge on any atom is 0.269 e. The van der Waals surface area contributed by atoms with Crippen LogP contribution in [0, 0.1) is 17.0 Å². The average Bonchev–Trinajstić information content (AvgIpc) is 3.05. The van der Waals surface area contributed by atoms with Crippen molar-refractivity contribution in [1.29, 1.82) is 0 Å². The van der Waals surface area contributed by atoms with Gasteiger partial charge in [-0.15, -0.1) is 0 Å². The molecule has 6 heteroatoms. The first kappa shape index (κ1) is 16.7. The zero-order valence-electron chi connectivity index (χ0n) is 14.6. The Kier molecular flexibility index (Phi) is 4.22. The van der Waals surface area contributed by atoms with Crippen molar-refractivity contribution in [3.8, 4) is 11.3 Å². The highest BCUT2D eigenvalue weighted by Crippen LogP contribution is 2.31. The maximum absolute atomic E-state index is 10.8. The Bertz CT molecular complexity index is 1150. The summed E-state index contributed by atoms with van der Waals surface area (Å²) in [5.41, 5.74) is 4.56. The van der Waals surface area contributed by atoms with E-state index >= 15 is 0 Å². The molecule has 132 valence electrons. The van der Waals surface area contributed by atoms with E-state index in [-0.39, 0.29) is 5.69 Å². The molecule has 2 aromatic carbocycles. The number of non-ortho nitro benzene ring substituents is 1. The van der Waals surface area contributed by atoms with E-state index in [1.54, 1.807) is 18.3 Å². The number of hydrogen-bond donors (Lipinski definition) is 0. The van der Waals surface area contributed by atoms with Crippen LogP contribution in [0.2, 0.25) is 0 Å². The van der Waals surface area contributed by atoms with Crippen molar-refractivity contribution >= 4 is 23.4 Å². The predicted octanol–water partition coefficient (Wildman–Crippen LogP) is 4.97. The summed E-state index contributed by atoms with van der Waals surface area (Å²) >= 11 is 0. The molecule has 0 atom stereocenters. The molecule has 0 saturated heterocycles. The number of hydrogen-bond acceptors (Lipinski definition) is 4. The van der Waals surface area contributed by atoms with Gasteiger partial charge in [0.2, 0.25) is 0 Å². The summed E-state index contributed by atoms with van der Waals surface area (Å²) < 4.78 is 1.94. The molecule has 4 rings (SSSR count). The number of pyridine rings is 1. The number of nitrogens with zero attached hydrogens (tertiary/aromatic N) is 4. The van der Waals surface area contributed by atoms with E-state index in [0.29, 0.717) is 0 Å². The highest BCUT2D eigenvalue weighted by molar-refractivity contribution is 5.85. The number of nitro groups is 1. The summed E-state index contributed by atoms with van der Waals surface area (Å²) in [6, 6.07) is 20.2. The van der Waals surface area contributed by atoms with Gasteiger partial charge in [0.25, 0.3) is 5.69 Å². The largest absolute Gasteiger partial charge is 0.284 e. The molecule has 0 fully saturated rings. The Labute approximate surface area is 155 Å². The molecule has 2 aromatic heterocycles. The first-order valence-corrected chi connectivity index (χ1v) is 8.44. The SMILES string of the molecule is Cc1ccn2c(/N=C/c3ccc([N+](=O)[O-])cc3)c(-c3ccccc3)nc2c1. The second-order valence-electron chi connectivity index (χ2n) is 6.19. The standard InChI is InChI=1S/C21H16N4O2/c1-15-11-12-24-19(13-15)23-20(17-5-3-2-4-6-17)21(24)22-14-16-7-9-18(10-8-16)25(26)27/h2-14H,1H3/b22-14+. The minimum absolute atomic E-state index is 0.0578. The lowest BCUT2D eigenvalue weighted by Crippen LogP contribution is -1.89. The van der Waals surface area contributed by atoms with Crippen LogP contribution in [0.5, 0.6) is 0 Å². The van der Waals surface area contributed by atoms with Gasteiger partial charge in [0, 0.05) is 30.1 Å². The van der Waals surface area contributed by atoms with Crippen LogP contribution in [-0.4, -0.2) is 20.5 Å². The molecule has 6 nitrogen and oxygen atoms in total. The molecule has 0 unspecified atom stereocenters. The Hall–Kier alpha value is -3.80. The topological polar surface area (TPSA) is 72.8 Å². The zero-order valence-corrected chi connectivity index (χ0v) is 14.6. The van der Waals surface area contributed by atoms with Crippen LogP contribution in [-0.2, 0) is 0 Å². The quantitative estimate of drug-likeness (QED) is 0.294. The van der Waals surface area contributed by atoms with Gasteiger partial charge in [0.15, 0.2) is 5.82 Å². The zero-order chi connectivity index (χ0) is 18.8. The van der Waals surface area contributed by atoms with Gasteiger partial charge in [0.05, 0.1) is 4.92 Å². The molecule has 0 aliphatic rings. The maximum atomic E-state index is 10.8. The van der Waals surface area contributed by atoms with E-state index < -0.39 is 4.92 Å². The normalized spacial score (nSPS) is 11.3. The van der Waals surface area contributed by atoms with E-state index in [1.807, 2.05) is 60.0 Å². The third-order valence-corrected chi connectivity index (χ3v) is 4.24. The summed E-state index contributed by atoms with van der Waals surface area (Å²) in [6.07, 6.45) is 3.64. The minimum Gasteiger partial charge on any atom is -0.284 e. The molecular weight excluding hydrogens is 340 g/mol. The number of nitro benzene ring substituents is 1. The fourth-order valence-corrected chi connectivity index (χ4v) is 2.86. The van der Waals surface area contributed by atoms with E-state index in [9.17, 15) is 10.1 Å². The molecule has 2 heterocycles. The summed E-state index contributed by atoms with van der Waals surface area (Å²) in [7, 11) is 0. The summed E-state index contributed by atoms with van der Waals surface area (Å²) in [5.74, 6) is 0.717. The van der Waals surface area contributed by atoms with Gasteiger partial charge in [0.1, 0.15) is 11.3 Å². The molecule has 4 aromatic rings. The first-order chi connectivity index (χ1) is 13.1. The van der Waals surface area contributed by atoms with Gasteiger partial charge in [-0.1, -0.05) is 30.3 Å². The second kappa shape index (κ2) is 6.84. The minimum atomic E-state index is -0.415. The highest BCUT2D eigenvalue weighted by Gasteiger charge is 2.13. The van der Waals surface area contributed by atoms with Crippen LogP contribution < -0.4 is 0 Å². The molecule has 0 amide bonds. The highest BCUT2D eigenvalue weighted by atomic mass is 16.6. The Balaban J connectivity index is 1.80. The van der Waals surface area contributed by atoms with Crippen LogP contribution in [0.4, 0.5) is 11.5 Å². The van der Waals surface area contributed by atoms with Crippen LogP contribution in [0.1, 0.15) is 11.1 Å². The van der Waals surface area contributed by atoms with E-state index in [0.717, 1.165) is 33.8 Å². The molecule has 0 spiro atoms. The lowest BCUT2D eigenvalue weighted by molar-refractivity contribution is -0.384. The second-order valence-corrected chi connectivity index (χ2v) is 6.19. The predicted molar refractivity (Wildman–Crippen MR) is 106 cm³/mol. The molecule has 0 aliphatic heterocycles. The van der Waals surface area contributed by atoms with Crippen LogP contribution in [0.3, 0.4) is 0 Å². The molecular formula is C21H16N4O2. The molecule has 27 heavy (non-hydrogen) atoms.